The summed E-state index contributed by atoms with van der Waals surface area (Å²) in [6, 6.07) is 7.13. The molecular formula is C37H47ClN6O4S. The van der Waals surface area contributed by atoms with Gasteiger partial charge in [0.15, 0.2) is 5.82 Å². The Morgan fingerprint density at radius 3 is 2.14 bits per heavy atom. The van der Waals surface area contributed by atoms with E-state index in [-0.39, 0.29) is 23.7 Å². The van der Waals surface area contributed by atoms with Gasteiger partial charge in [0.1, 0.15) is 16.9 Å². The number of thiophene rings is 1. The van der Waals surface area contributed by atoms with Crippen molar-refractivity contribution in [2.24, 2.45) is 28.2 Å². The van der Waals surface area contributed by atoms with Gasteiger partial charge in [0.25, 0.3) is 0 Å². The maximum absolute atomic E-state index is 13.2. The molecule has 10 nitrogen and oxygen atoms in total. The number of fused-ring (bicyclic) bond motifs is 3. The molecule has 3 heterocycles. The lowest BCUT2D eigenvalue weighted by molar-refractivity contribution is -0.129. The van der Waals surface area contributed by atoms with E-state index in [0.29, 0.717) is 56.8 Å². The third-order valence-electron chi connectivity index (χ3n) is 10.9. The number of aryl methyl sites for hydroxylation is 2. The van der Waals surface area contributed by atoms with Crippen LogP contribution in [0.25, 0.3) is 5.00 Å². The zero-order valence-corrected chi connectivity index (χ0v) is 30.3. The van der Waals surface area contributed by atoms with E-state index in [9.17, 15) is 9.59 Å². The molecule has 262 valence electrons. The highest BCUT2D eigenvalue weighted by Crippen LogP contribution is 2.61. The number of carbonyl (C=O) groups is 2. The summed E-state index contributed by atoms with van der Waals surface area (Å²) in [6.07, 6.45) is 8.73. The molecule has 4 bridgehead atoms. The number of halogens is 1. The molecule has 2 aromatic heterocycles. The molecule has 5 aliphatic rings. The highest BCUT2D eigenvalue weighted by Gasteiger charge is 2.51. The van der Waals surface area contributed by atoms with Gasteiger partial charge in [-0.1, -0.05) is 23.7 Å². The normalized spacial score (nSPS) is 25.0. The van der Waals surface area contributed by atoms with Crippen LogP contribution in [0.3, 0.4) is 0 Å². The van der Waals surface area contributed by atoms with Gasteiger partial charge in [0.05, 0.1) is 38.6 Å². The topological polar surface area (TPSA) is 120 Å². The third-order valence-corrected chi connectivity index (χ3v) is 12.4. The first kappa shape index (κ1) is 34.3. The van der Waals surface area contributed by atoms with Crippen LogP contribution in [0.1, 0.15) is 90.6 Å². The van der Waals surface area contributed by atoms with Crippen LogP contribution in [0, 0.1) is 43.9 Å². The Balaban J connectivity index is 0.842. The number of benzene rings is 1. The Kier molecular flexibility index (Phi) is 10.2. The molecule has 3 aromatic rings. The van der Waals surface area contributed by atoms with Crippen LogP contribution in [0.2, 0.25) is 5.02 Å². The summed E-state index contributed by atoms with van der Waals surface area (Å²) >= 11 is 7.90. The van der Waals surface area contributed by atoms with Crippen molar-refractivity contribution in [3.8, 4) is 5.00 Å². The van der Waals surface area contributed by atoms with E-state index in [2.05, 4.69) is 34.7 Å². The van der Waals surface area contributed by atoms with Crippen molar-refractivity contribution in [1.29, 1.82) is 0 Å². The van der Waals surface area contributed by atoms with Crippen molar-refractivity contribution in [1.82, 2.24) is 25.4 Å². The van der Waals surface area contributed by atoms with Crippen LogP contribution in [-0.2, 0) is 19.1 Å². The van der Waals surface area contributed by atoms with Crippen LogP contribution < -0.4 is 10.6 Å². The number of aromatic nitrogens is 3. The largest absolute Gasteiger partial charge is 0.377 e. The molecule has 0 saturated heterocycles. The molecule has 0 radical (unpaired) electrons. The zero-order chi connectivity index (χ0) is 34.1. The molecule has 4 saturated carbocycles. The molecule has 8 rings (SSSR count). The van der Waals surface area contributed by atoms with Crippen molar-refractivity contribution in [2.75, 3.05) is 39.5 Å². The van der Waals surface area contributed by atoms with Crippen LogP contribution in [0.15, 0.2) is 29.3 Å². The third kappa shape index (κ3) is 7.50. The molecule has 4 fully saturated rings. The summed E-state index contributed by atoms with van der Waals surface area (Å²) in [5.41, 5.74) is 4.20. The second-order valence-electron chi connectivity index (χ2n) is 14.6. The van der Waals surface area contributed by atoms with E-state index >= 15 is 0 Å². The maximum atomic E-state index is 13.2. The van der Waals surface area contributed by atoms with Gasteiger partial charge in [-0.15, -0.1) is 21.5 Å². The van der Waals surface area contributed by atoms with Gasteiger partial charge in [-0.25, -0.2) is 0 Å². The van der Waals surface area contributed by atoms with Gasteiger partial charge >= 0.3 is 0 Å². The van der Waals surface area contributed by atoms with E-state index in [1.54, 1.807) is 11.3 Å². The minimum absolute atomic E-state index is 0.125. The fourth-order valence-electron chi connectivity index (χ4n) is 9.14. The van der Waals surface area contributed by atoms with E-state index in [4.69, 9.17) is 26.1 Å². The van der Waals surface area contributed by atoms with E-state index in [1.165, 1.54) is 43.4 Å². The number of nitrogens with zero attached hydrogens (tertiary/aromatic N) is 4. The first-order chi connectivity index (χ1) is 23.7. The average molecular weight is 707 g/mol. The number of ether oxygens (including phenoxy) is 2. The van der Waals surface area contributed by atoms with E-state index < -0.39 is 6.04 Å². The second-order valence-corrected chi connectivity index (χ2v) is 16.3. The van der Waals surface area contributed by atoms with Crippen molar-refractivity contribution in [2.45, 2.75) is 78.2 Å². The van der Waals surface area contributed by atoms with Gasteiger partial charge in [-0.2, -0.15) is 0 Å². The Morgan fingerprint density at radius 2 is 1.51 bits per heavy atom. The number of rotatable bonds is 14. The molecule has 4 aliphatic carbocycles. The lowest BCUT2D eigenvalue weighted by Crippen LogP contribution is -2.48. The number of hydrogen-bond donors (Lipinski definition) is 2. The zero-order valence-electron chi connectivity index (χ0n) is 28.7. The number of nitrogens with one attached hydrogen (secondary N) is 2. The van der Waals surface area contributed by atoms with E-state index in [0.717, 1.165) is 51.0 Å². The summed E-state index contributed by atoms with van der Waals surface area (Å²) in [5, 5.41) is 16.6. The van der Waals surface area contributed by atoms with Crippen LogP contribution >= 0.6 is 22.9 Å². The molecule has 0 spiro atoms. The first-order valence-electron chi connectivity index (χ1n) is 17.7. The van der Waals surface area contributed by atoms with Gasteiger partial charge in [-0.05, 0) is 100 Å². The predicted octanol–water partition coefficient (Wildman–Crippen LogP) is 6.06. The minimum atomic E-state index is -0.520. The molecular weight excluding hydrogens is 660 g/mol. The highest BCUT2D eigenvalue weighted by atomic mass is 35.5. The Hall–Kier alpha value is -3.12. The smallest absolute Gasteiger partial charge is 0.222 e. The quantitative estimate of drug-likeness (QED) is 0.197. The van der Waals surface area contributed by atoms with Crippen LogP contribution in [-0.4, -0.2) is 71.8 Å². The lowest BCUT2D eigenvalue weighted by Gasteiger charge is -2.56. The summed E-state index contributed by atoms with van der Waals surface area (Å²) in [4.78, 5) is 32.2. The monoisotopic (exact) mass is 706 g/mol. The number of amides is 2. The van der Waals surface area contributed by atoms with E-state index in [1.807, 2.05) is 35.8 Å². The fourth-order valence-corrected chi connectivity index (χ4v) is 10.5. The van der Waals surface area contributed by atoms with Crippen molar-refractivity contribution < 1.29 is 19.1 Å². The molecule has 12 heteroatoms. The first-order valence-corrected chi connectivity index (χ1v) is 18.9. The van der Waals surface area contributed by atoms with Crippen molar-refractivity contribution in [3.63, 3.8) is 0 Å². The van der Waals surface area contributed by atoms with Gasteiger partial charge < -0.3 is 20.1 Å². The fraction of sp³-hybridized carbons (Fsp3) is 0.595. The minimum Gasteiger partial charge on any atom is -0.377 e. The Morgan fingerprint density at radius 1 is 0.898 bits per heavy atom. The highest BCUT2D eigenvalue weighted by molar-refractivity contribution is 7.15. The number of aliphatic imine (C=N–C) groups is 1. The number of carbonyl (C=O) groups excluding carboxylic acids is 2. The SMILES string of the molecule is Cc1sc2c(c1C)C(c1ccc(Cl)cc1)=N[C@@H](CC(=O)NCCOCCOCCNC(=O)CC13CC4CC(CC(C4)C1)C3)c1nnc(C)n1-2. The number of hydrogen-bond acceptors (Lipinski definition) is 8. The molecule has 2 N–H and O–H groups in total. The molecule has 1 aromatic carbocycles. The summed E-state index contributed by atoms with van der Waals surface area (Å²) < 4.78 is 13.4. The van der Waals surface area contributed by atoms with Gasteiger partial charge in [-0.3, -0.25) is 19.1 Å². The Labute approximate surface area is 297 Å². The maximum Gasteiger partial charge on any atom is 0.222 e. The van der Waals surface area contributed by atoms with Gasteiger partial charge in [0, 0.05) is 40.5 Å². The van der Waals surface area contributed by atoms with Crippen LogP contribution in [0.5, 0.6) is 0 Å². The average Bonchev–Trinajstić information content (AvgIpc) is 3.53. The molecule has 0 unspecified atom stereocenters. The van der Waals surface area contributed by atoms with Gasteiger partial charge in [0.2, 0.25) is 11.8 Å². The standard InChI is InChI=1S/C37H47ClN6O4S/c1-22-23(2)49-36-33(22)34(28-4-6-29(38)7-5-28)41-30(35-43-42-24(3)44(35)36)17-31(45)39-8-10-47-12-13-48-11-9-40-32(46)21-37-18-25-14-26(19-37)16-27(15-25)20-37/h4-7,25-27,30H,8-21H2,1-3H3,(H,39,45)(H,40,46)/t25?,26?,27?,30-,37?/m0/s1. The summed E-state index contributed by atoms with van der Waals surface area (Å²) in [7, 11) is 0. The molecule has 2 amide bonds. The molecule has 1 atom stereocenters. The van der Waals surface area contributed by atoms with Crippen molar-refractivity contribution in [3.05, 3.63) is 62.5 Å². The molecule has 1 aliphatic heterocycles. The lowest BCUT2D eigenvalue weighted by atomic mass is 9.49. The van der Waals surface area contributed by atoms with Crippen molar-refractivity contribution >= 4 is 40.5 Å². The molecule has 49 heavy (non-hydrogen) atoms. The Bertz CT molecular complexity index is 1680. The predicted molar refractivity (Wildman–Crippen MR) is 191 cm³/mol. The summed E-state index contributed by atoms with van der Waals surface area (Å²) in [5.74, 6) is 4.01. The van der Waals surface area contributed by atoms with Crippen LogP contribution in [0.4, 0.5) is 0 Å². The second kappa shape index (κ2) is 14.6. The summed E-state index contributed by atoms with van der Waals surface area (Å²) in [6.45, 7) is 8.70.